The van der Waals surface area contributed by atoms with E-state index < -0.39 is 17.5 Å². The van der Waals surface area contributed by atoms with Crippen LogP contribution in [0.5, 0.6) is 0 Å². The van der Waals surface area contributed by atoms with Crippen molar-refractivity contribution in [3.63, 3.8) is 0 Å². The first-order valence-electron chi connectivity index (χ1n) is 6.59. The minimum Gasteiger partial charge on any atom is -0.339 e. The van der Waals surface area contributed by atoms with Gasteiger partial charge in [0.15, 0.2) is 0 Å². The summed E-state index contributed by atoms with van der Waals surface area (Å²) in [6.07, 6.45) is 1.56. The van der Waals surface area contributed by atoms with Crippen molar-refractivity contribution < 1.29 is 13.6 Å². The van der Waals surface area contributed by atoms with Crippen molar-refractivity contribution >= 4 is 17.5 Å². The van der Waals surface area contributed by atoms with E-state index >= 15 is 0 Å². The highest BCUT2D eigenvalue weighted by atomic mass is 35.5. The average Bonchev–Trinajstić information content (AvgIpc) is 2.42. The first kappa shape index (κ1) is 15.2. The Balaban J connectivity index is 2.11. The molecule has 1 aromatic carbocycles. The highest BCUT2D eigenvalue weighted by Gasteiger charge is 2.27. The Morgan fingerprint density at radius 3 is 2.50 bits per heavy atom. The number of likely N-dealkylation sites (tertiary alicyclic amines) is 1. The first-order valence-corrected chi connectivity index (χ1v) is 6.97. The molecule has 1 atom stereocenters. The molecule has 0 bridgehead atoms. The van der Waals surface area contributed by atoms with Gasteiger partial charge < -0.3 is 10.6 Å². The number of rotatable bonds is 2. The van der Waals surface area contributed by atoms with Crippen LogP contribution in [-0.4, -0.2) is 29.9 Å². The highest BCUT2D eigenvalue weighted by molar-refractivity contribution is 6.30. The zero-order valence-electron chi connectivity index (χ0n) is 11.2. The topological polar surface area (TPSA) is 46.3 Å². The zero-order chi connectivity index (χ0) is 14.9. The van der Waals surface area contributed by atoms with Crippen LogP contribution in [0, 0.1) is 17.6 Å². The smallest absolute Gasteiger partial charge is 0.256 e. The second-order valence-corrected chi connectivity index (χ2v) is 5.64. The molecule has 1 aromatic rings. The number of hydrogen-bond acceptors (Lipinski definition) is 2. The first-order chi connectivity index (χ1) is 9.40. The molecule has 20 heavy (non-hydrogen) atoms. The number of nitrogens with two attached hydrogens (primary N) is 1. The molecule has 0 aromatic heterocycles. The van der Waals surface area contributed by atoms with Gasteiger partial charge in [0.05, 0.1) is 10.6 Å². The van der Waals surface area contributed by atoms with E-state index in [9.17, 15) is 13.6 Å². The third-order valence-corrected chi connectivity index (χ3v) is 4.10. The molecule has 1 aliphatic heterocycles. The van der Waals surface area contributed by atoms with Crippen LogP contribution < -0.4 is 5.73 Å². The van der Waals surface area contributed by atoms with Gasteiger partial charge in [-0.1, -0.05) is 11.6 Å². The Hall–Kier alpha value is -1.20. The molecular weight excluding hydrogens is 286 g/mol. The largest absolute Gasteiger partial charge is 0.339 e. The molecule has 0 saturated carbocycles. The summed E-state index contributed by atoms with van der Waals surface area (Å²) in [6, 6.07) is 1.77. The van der Waals surface area contributed by atoms with Crippen LogP contribution in [0.3, 0.4) is 0 Å². The molecule has 6 heteroatoms. The maximum Gasteiger partial charge on any atom is 0.256 e. The Morgan fingerprint density at radius 1 is 1.35 bits per heavy atom. The van der Waals surface area contributed by atoms with Crippen LogP contribution in [-0.2, 0) is 0 Å². The summed E-state index contributed by atoms with van der Waals surface area (Å²) in [5, 5.41) is -0.324. The number of halogens is 3. The Bertz CT molecular complexity index is 514. The van der Waals surface area contributed by atoms with E-state index in [2.05, 4.69) is 0 Å². The van der Waals surface area contributed by atoms with Crippen molar-refractivity contribution in [2.24, 2.45) is 11.7 Å². The second kappa shape index (κ2) is 6.06. The van der Waals surface area contributed by atoms with Gasteiger partial charge in [0, 0.05) is 19.1 Å². The number of carbonyl (C=O) groups excluding carboxylic acids is 1. The fourth-order valence-corrected chi connectivity index (χ4v) is 2.64. The summed E-state index contributed by atoms with van der Waals surface area (Å²) in [4.78, 5) is 13.7. The molecule has 0 aliphatic carbocycles. The lowest BCUT2D eigenvalue weighted by Gasteiger charge is -2.33. The van der Waals surface area contributed by atoms with Crippen molar-refractivity contribution in [3.05, 3.63) is 34.4 Å². The highest BCUT2D eigenvalue weighted by Crippen LogP contribution is 2.24. The van der Waals surface area contributed by atoms with Gasteiger partial charge in [-0.2, -0.15) is 0 Å². The van der Waals surface area contributed by atoms with Crippen molar-refractivity contribution in [3.8, 4) is 0 Å². The molecule has 110 valence electrons. The summed E-state index contributed by atoms with van der Waals surface area (Å²) < 4.78 is 27.1. The predicted molar refractivity (Wildman–Crippen MR) is 73.6 cm³/mol. The number of hydrogen-bond donors (Lipinski definition) is 1. The zero-order valence-corrected chi connectivity index (χ0v) is 12.0. The number of carbonyl (C=O) groups is 1. The van der Waals surface area contributed by atoms with Crippen LogP contribution in [0.4, 0.5) is 8.78 Å². The van der Waals surface area contributed by atoms with Gasteiger partial charge in [0.2, 0.25) is 0 Å². The Kier molecular flexibility index (Phi) is 4.60. The van der Waals surface area contributed by atoms with Gasteiger partial charge in [-0.25, -0.2) is 8.78 Å². The van der Waals surface area contributed by atoms with Gasteiger partial charge in [-0.15, -0.1) is 0 Å². The number of piperidine rings is 1. The molecule has 1 fully saturated rings. The van der Waals surface area contributed by atoms with Gasteiger partial charge in [-0.3, -0.25) is 4.79 Å². The minimum absolute atomic E-state index is 0.0805. The Morgan fingerprint density at radius 2 is 1.95 bits per heavy atom. The summed E-state index contributed by atoms with van der Waals surface area (Å²) in [7, 11) is 0. The third kappa shape index (κ3) is 3.10. The minimum atomic E-state index is -0.796. The van der Waals surface area contributed by atoms with E-state index in [-0.39, 0.29) is 16.6 Å². The van der Waals surface area contributed by atoms with Crippen molar-refractivity contribution in [2.75, 3.05) is 13.1 Å². The van der Waals surface area contributed by atoms with Gasteiger partial charge in [0.1, 0.15) is 11.6 Å². The molecular formula is C14H17ClF2N2O. The van der Waals surface area contributed by atoms with Crippen LogP contribution >= 0.6 is 11.6 Å². The van der Waals surface area contributed by atoms with Gasteiger partial charge in [-0.05, 0) is 37.8 Å². The number of nitrogens with zero attached hydrogens (tertiary/aromatic N) is 1. The van der Waals surface area contributed by atoms with Crippen LogP contribution in [0.15, 0.2) is 12.1 Å². The van der Waals surface area contributed by atoms with Crippen LogP contribution in [0.1, 0.15) is 30.1 Å². The fraction of sp³-hybridized carbons (Fsp3) is 0.500. The molecule has 1 unspecified atom stereocenters. The van der Waals surface area contributed by atoms with Crippen molar-refractivity contribution in [1.29, 1.82) is 0 Å². The van der Waals surface area contributed by atoms with E-state index in [1.165, 1.54) is 4.90 Å². The predicted octanol–water partition coefficient (Wildman–Crippen LogP) is 2.82. The monoisotopic (exact) mass is 302 g/mol. The lowest BCUT2D eigenvalue weighted by Crippen LogP contribution is -2.42. The molecule has 1 aliphatic rings. The SMILES string of the molecule is CC(N)C1CCN(C(=O)c2cc(F)c(Cl)cc2F)CC1. The molecule has 1 amide bonds. The van der Waals surface area contributed by atoms with Crippen LogP contribution in [0.25, 0.3) is 0 Å². The van der Waals surface area contributed by atoms with E-state index in [0.717, 1.165) is 25.0 Å². The molecule has 2 rings (SSSR count). The lowest BCUT2D eigenvalue weighted by molar-refractivity contribution is 0.0675. The number of amides is 1. The van der Waals surface area contributed by atoms with Crippen molar-refractivity contribution in [2.45, 2.75) is 25.8 Å². The maximum absolute atomic E-state index is 13.7. The van der Waals surface area contributed by atoms with E-state index in [1.807, 2.05) is 6.92 Å². The molecule has 3 nitrogen and oxygen atoms in total. The molecule has 1 saturated heterocycles. The summed E-state index contributed by atoms with van der Waals surface area (Å²) in [6.45, 7) is 2.96. The summed E-state index contributed by atoms with van der Waals surface area (Å²) in [5.41, 5.74) is 5.56. The average molecular weight is 303 g/mol. The second-order valence-electron chi connectivity index (χ2n) is 5.23. The van der Waals surface area contributed by atoms with Gasteiger partial charge in [0.25, 0.3) is 5.91 Å². The van der Waals surface area contributed by atoms with E-state index in [0.29, 0.717) is 19.0 Å². The third-order valence-electron chi connectivity index (χ3n) is 3.81. The molecule has 0 spiro atoms. The Labute approximate surface area is 121 Å². The van der Waals surface area contributed by atoms with Crippen molar-refractivity contribution in [1.82, 2.24) is 4.90 Å². The summed E-state index contributed by atoms with van der Waals surface area (Å²) >= 11 is 5.48. The normalized spacial score (nSPS) is 18.1. The standard InChI is InChI=1S/C14H17ClF2N2O/c1-8(18)9-2-4-19(5-3-9)14(20)10-6-13(17)11(15)7-12(10)16/h6-9H,2-5,18H2,1H3. The fourth-order valence-electron chi connectivity index (χ4n) is 2.49. The molecule has 0 radical (unpaired) electrons. The van der Waals surface area contributed by atoms with Crippen LogP contribution in [0.2, 0.25) is 5.02 Å². The van der Waals surface area contributed by atoms with E-state index in [4.69, 9.17) is 17.3 Å². The summed E-state index contributed by atoms with van der Waals surface area (Å²) in [5.74, 6) is -1.72. The quantitative estimate of drug-likeness (QED) is 0.854. The number of benzene rings is 1. The van der Waals surface area contributed by atoms with Gasteiger partial charge >= 0.3 is 0 Å². The molecule has 1 heterocycles. The van der Waals surface area contributed by atoms with E-state index in [1.54, 1.807) is 0 Å². The lowest BCUT2D eigenvalue weighted by atomic mass is 9.90. The molecule has 2 N–H and O–H groups in total. The maximum atomic E-state index is 13.7.